The van der Waals surface area contributed by atoms with Crippen molar-refractivity contribution < 1.29 is 0 Å². The van der Waals surface area contributed by atoms with E-state index in [4.69, 9.17) is 0 Å². The van der Waals surface area contributed by atoms with E-state index in [1.54, 1.807) is 43.0 Å². The lowest BCUT2D eigenvalue weighted by Crippen LogP contribution is -2.32. The number of allylic oxidation sites excluding steroid dienone is 2. The smallest absolute Gasteiger partial charge is 0.266 e. The molecule has 0 aromatic carbocycles. The van der Waals surface area contributed by atoms with Crippen molar-refractivity contribution in [2.75, 3.05) is 0 Å². The fourth-order valence-electron chi connectivity index (χ4n) is 0.961. The van der Waals surface area contributed by atoms with Crippen LogP contribution in [0.5, 0.6) is 0 Å². The van der Waals surface area contributed by atoms with E-state index in [9.17, 15) is 0 Å². The van der Waals surface area contributed by atoms with Crippen LogP contribution in [-0.2, 0) is 0 Å². The molecule has 80 valence electrons. The summed E-state index contributed by atoms with van der Waals surface area (Å²) < 4.78 is 0. The zero-order chi connectivity index (χ0) is 11.1. The number of hydrogen-bond donors (Lipinski definition) is 2. The minimum absolute atomic E-state index is 0.340. The number of aromatic nitrogens is 2. The fraction of sp³-hybridized carbons (Fsp3) is 0. The quantitative estimate of drug-likeness (QED) is 0.638. The number of hydrogen-bond acceptors (Lipinski definition) is 6. The maximum absolute atomic E-state index is 4.06. The third kappa shape index (κ3) is 3.02. The van der Waals surface area contributed by atoms with Crippen LogP contribution in [0.1, 0.15) is 0 Å². The Kier molecular flexibility index (Phi) is 3.38. The lowest BCUT2D eigenvalue weighted by molar-refractivity contribution is 0.860. The molecule has 2 heterocycles. The first-order valence-electron chi connectivity index (χ1n) is 4.68. The van der Waals surface area contributed by atoms with Gasteiger partial charge in [0.25, 0.3) is 5.62 Å². The van der Waals surface area contributed by atoms with Crippen molar-refractivity contribution >= 4 is 5.96 Å². The van der Waals surface area contributed by atoms with Crippen LogP contribution in [0.25, 0.3) is 0 Å². The van der Waals surface area contributed by atoms with E-state index in [1.807, 2.05) is 6.08 Å². The molecule has 2 N–H and O–H groups in total. The molecule has 16 heavy (non-hydrogen) atoms. The largest absolute Gasteiger partial charge is 0.331 e. The Morgan fingerprint density at radius 3 is 2.75 bits per heavy atom. The Morgan fingerprint density at radius 1 is 1.12 bits per heavy atom. The van der Waals surface area contributed by atoms with Gasteiger partial charge < -0.3 is 5.32 Å². The van der Waals surface area contributed by atoms with Gasteiger partial charge in [0.1, 0.15) is 0 Å². The van der Waals surface area contributed by atoms with E-state index in [0.29, 0.717) is 11.6 Å². The monoisotopic (exact) mass is 214 g/mol. The summed E-state index contributed by atoms with van der Waals surface area (Å²) in [6.07, 6.45) is 10.3. The van der Waals surface area contributed by atoms with Crippen LogP contribution in [0.3, 0.4) is 0 Å². The third-order valence-corrected chi connectivity index (χ3v) is 1.64. The van der Waals surface area contributed by atoms with Gasteiger partial charge >= 0.3 is 0 Å². The number of nitrogens with one attached hydrogen (secondary N) is 2. The molecule has 0 unspecified atom stereocenters. The molecule has 6 nitrogen and oxygen atoms in total. The molecule has 0 atom stereocenters. The predicted molar refractivity (Wildman–Crippen MR) is 59.6 cm³/mol. The number of aliphatic imine (C=N–C) groups is 1. The SMILES string of the molecule is C1=CN=C(NN=c2nccccn2)NC=C1. The van der Waals surface area contributed by atoms with Gasteiger partial charge in [-0.15, -0.1) is 5.10 Å². The fourth-order valence-corrected chi connectivity index (χ4v) is 0.961. The molecule has 6 heteroatoms. The van der Waals surface area contributed by atoms with E-state index in [1.165, 1.54) is 0 Å². The standard InChI is InChI=1S/C10H10N6/c1-2-6-12-9(11-5-1)15-16-10-13-7-3-4-8-14-10/h1-8H,(H2,11,12,15). The normalized spacial score (nSPS) is 13.4. The van der Waals surface area contributed by atoms with Gasteiger partial charge in [0.2, 0.25) is 5.96 Å². The molecule has 1 aromatic heterocycles. The topological polar surface area (TPSA) is 74.6 Å². The van der Waals surface area contributed by atoms with Gasteiger partial charge in [-0.3, -0.25) is 0 Å². The first-order valence-corrected chi connectivity index (χ1v) is 4.68. The van der Waals surface area contributed by atoms with Crippen molar-refractivity contribution in [2.24, 2.45) is 10.1 Å². The van der Waals surface area contributed by atoms with Crippen LogP contribution in [0.15, 0.2) is 59.2 Å². The molecule has 0 amide bonds. The van der Waals surface area contributed by atoms with Gasteiger partial charge in [0.15, 0.2) is 0 Å². The molecule has 1 aromatic rings. The predicted octanol–water partition coefficient (Wildman–Crippen LogP) is -0.132. The summed E-state index contributed by atoms with van der Waals surface area (Å²) >= 11 is 0. The van der Waals surface area contributed by atoms with Crippen LogP contribution >= 0.6 is 0 Å². The molecule has 0 saturated heterocycles. The van der Waals surface area contributed by atoms with Crippen molar-refractivity contribution in [3.05, 3.63) is 54.7 Å². The van der Waals surface area contributed by atoms with Crippen LogP contribution in [-0.4, -0.2) is 15.9 Å². The molecule has 0 bridgehead atoms. The third-order valence-electron chi connectivity index (χ3n) is 1.64. The Balaban J connectivity index is 2.13. The van der Waals surface area contributed by atoms with Crippen LogP contribution in [0.2, 0.25) is 0 Å². The summed E-state index contributed by atoms with van der Waals surface area (Å²) in [6.45, 7) is 0. The lowest BCUT2D eigenvalue weighted by atomic mass is 10.6. The van der Waals surface area contributed by atoms with Gasteiger partial charge in [-0.25, -0.2) is 20.4 Å². The second kappa shape index (κ2) is 5.40. The molecular formula is C10H10N6. The molecule has 0 spiro atoms. The van der Waals surface area contributed by atoms with E-state index >= 15 is 0 Å². The maximum Gasteiger partial charge on any atom is 0.266 e. The summed E-state index contributed by atoms with van der Waals surface area (Å²) in [5, 5.41) is 6.88. The number of nitrogens with zero attached hydrogens (tertiary/aromatic N) is 4. The molecule has 0 saturated carbocycles. The minimum Gasteiger partial charge on any atom is -0.331 e. The average Bonchev–Trinajstić information content (AvgIpc) is 2.71. The Hall–Kier alpha value is -2.50. The van der Waals surface area contributed by atoms with Gasteiger partial charge in [-0.1, -0.05) is 0 Å². The Morgan fingerprint density at radius 2 is 1.94 bits per heavy atom. The summed E-state index contributed by atoms with van der Waals surface area (Å²) in [7, 11) is 0. The van der Waals surface area contributed by atoms with Crippen molar-refractivity contribution in [1.29, 1.82) is 0 Å². The zero-order valence-electron chi connectivity index (χ0n) is 8.41. The van der Waals surface area contributed by atoms with E-state index in [2.05, 4.69) is 30.8 Å². The molecular weight excluding hydrogens is 204 g/mol. The van der Waals surface area contributed by atoms with Crippen LogP contribution < -0.4 is 16.4 Å². The van der Waals surface area contributed by atoms with Crippen LogP contribution in [0.4, 0.5) is 0 Å². The van der Waals surface area contributed by atoms with Gasteiger partial charge in [-0.2, -0.15) is 0 Å². The van der Waals surface area contributed by atoms with Gasteiger partial charge in [0.05, 0.1) is 0 Å². The average molecular weight is 214 g/mol. The van der Waals surface area contributed by atoms with Crippen molar-refractivity contribution in [3.8, 4) is 0 Å². The number of rotatable bonds is 1. The van der Waals surface area contributed by atoms with E-state index in [0.717, 1.165) is 0 Å². The first kappa shape index (κ1) is 10.0. The molecule has 2 rings (SSSR count). The highest BCUT2D eigenvalue weighted by Gasteiger charge is 1.92. The molecule has 1 aliphatic heterocycles. The van der Waals surface area contributed by atoms with Crippen molar-refractivity contribution in [3.63, 3.8) is 0 Å². The van der Waals surface area contributed by atoms with Crippen LogP contribution in [0, 0.1) is 0 Å². The second-order valence-corrected chi connectivity index (χ2v) is 2.79. The maximum atomic E-state index is 4.06. The van der Waals surface area contributed by atoms with E-state index < -0.39 is 0 Å². The van der Waals surface area contributed by atoms with Crippen molar-refractivity contribution in [1.82, 2.24) is 20.7 Å². The summed E-state index contributed by atoms with van der Waals surface area (Å²) in [5.74, 6) is 0.514. The molecule has 1 aliphatic rings. The molecule has 0 fully saturated rings. The summed E-state index contributed by atoms with van der Waals surface area (Å²) in [4.78, 5) is 12.0. The van der Waals surface area contributed by atoms with Gasteiger partial charge in [-0.05, 0) is 24.3 Å². The highest BCUT2D eigenvalue weighted by Crippen LogP contribution is 1.83. The van der Waals surface area contributed by atoms with Crippen molar-refractivity contribution in [2.45, 2.75) is 0 Å². The second-order valence-electron chi connectivity index (χ2n) is 2.79. The van der Waals surface area contributed by atoms with E-state index in [-0.39, 0.29) is 0 Å². The Bertz CT molecular complexity index is 481. The number of guanidine groups is 1. The summed E-state index contributed by atoms with van der Waals surface area (Å²) in [5.41, 5.74) is 3.07. The summed E-state index contributed by atoms with van der Waals surface area (Å²) in [6, 6.07) is 3.55. The highest BCUT2D eigenvalue weighted by molar-refractivity contribution is 5.81. The highest BCUT2D eigenvalue weighted by atomic mass is 15.4. The van der Waals surface area contributed by atoms with Gasteiger partial charge in [0, 0.05) is 24.8 Å². The minimum atomic E-state index is 0.340. The zero-order valence-corrected chi connectivity index (χ0v) is 8.41. The molecule has 0 aliphatic carbocycles. The lowest BCUT2D eigenvalue weighted by Gasteiger charge is -2.00. The Labute approximate surface area is 92.2 Å². The first-order chi connectivity index (χ1) is 7.95. The molecule has 0 radical (unpaired) electrons.